The molecule has 0 bridgehead atoms. The van der Waals surface area contributed by atoms with Crippen LogP contribution in [-0.4, -0.2) is 27.2 Å². The summed E-state index contributed by atoms with van der Waals surface area (Å²) in [6.07, 6.45) is 0. The number of hydrogen-bond donors (Lipinski definition) is 2. The Balaban J connectivity index is 1.88. The van der Waals surface area contributed by atoms with Crippen LogP contribution in [0.1, 0.15) is 28.3 Å². The molecule has 3 rings (SSSR count). The molecule has 2 N–H and O–H groups in total. The van der Waals surface area contributed by atoms with E-state index in [-0.39, 0.29) is 11.9 Å². The van der Waals surface area contributed by atoms with Gasteiger partial charge in [-0.3, -0.25) is 4.79 Å². The van der Waals surface area contributed by atoms with Crippen molar-refractivity contribution in [2.75, 3.05) is 26.6 Å². The van der Waals surface area contributed by atoms with Gasteiger partial charge in [0.2, 0.25) is 0 Å². The van der Waals surface area contributed by atoms with Crippen LogP contribution in [0.4, 0.5) is 5.69 Å². The van der Waals surface area contributed by atoms with Crippen molar-refractivity contribution in [3.8, 4) is 11.5 Å². The number of quaternary nitrogens is 1. The van der Waals surface area contributed by atoms with Crippen LogP contribution in [0.3, 0.4) is 0 Å². The van der Waals surface area contributed by atoms with Crippen LogP contribution in [0.15, 0.2) is 66.7 Å². The lowest BCUT2D eigenvalue weighted by Crippen LogP contribution is -3.09. The summed E-state index contributed by atoms with van der Waals surface area (Å²) in [6, 6.07) is 21.5. The number of hydrogen-bond acceptors (Lipinski definition) is 3. The van der Waals surface area contributed by atoms with Crippen molar-refractivity contribution >= 4 is 11.6 Å². The van der Waals surface area contributed by atoms with Gasteiger partial charge in [0.15, 0.2) is 17.5 Å². The second-order valence-corrected chi connectivity index (χ2v) is 7.86. The van der Waals surface area contributed by atoms with Gasteiger partial charge < -0.3 is 19.7 Å². The maximum absolute atomic E-state index is 13.5. The van der Waals surface area contributed by atoms with Gasteiger partial charge >= 0.3 is 0 Å². The molecule has 162 valence electrons. The molecule has 0 aliphatic heterocycles. The maximum Gasteiger partial charge on any atom is 0.287 e. The number of carbonyl (C=O) groups excluding carboxylic acids is 1. The average molecular weight is 420 g/mol. The molecule has 0 aliphatic carbocycles. The lowest BCUT2D eigenvalue weighted by Gasteiger charge is -2.25. The van der Waals surface area contributed by atoms with Gasteiger partial charge in [-0.1, -0.05) is 42.5 Å². The second kappa shape index (κ2) is 10.1. The van der Waals surface area contributed by atoms with Crippen molar-refractivity contribution in [2.45, 2.75) is 26.4 Å². The Morgan fingerprint density at radius 3 is 2.32 bits per heavy atom. The molecule has 0 heterocycles. The third kappa shape index (κ3) is 5.44. The third-order valence-corrected chi connectivity index (χ3v) is 5.47. The van der Waals surface area contributed by atoms with E-state index in [1.54, 1.807) is 14.2 Å². The molecular weight excluding hydrogens is 388 g/mol. The highest BCUT2D eigenvalue weighted by atomic mass is 16.5. The first-order valence-electron chi connectivity index (χ1n) is 10.4. The van der Waals surface area contributed by atoms with Crippen molar-refractivity contribution in [3.05, 3.63) is 89.0 Å². The SMILES string of the molecule is COc1ccc(C[NH+](C)[C@H](C(=O)Nc2cc(C)ccc2C)c2ccccc2)cc1OC. The van der Waals surface area contributed by atoms with E-state index < -0.39 is 0 Å². The molecule has 0 aromatic heterocycles. The Hall–Kier alpha value is -3.31. The summed E-state index contributed by atoms with van der Waals surface area (Å²) in [5, 5.41) is 3.15. The minimum atomic E-state index is -0.366. The van der Waals surface area contributed by atoms with Gasteiger partial charge in [0.25, 0.3) is 5.91 Å². The molecule has 5 heteroatoms. The number of likely N-dealkylation sites (N-methyl/N-ethyl adjacent to an activating group) is 1. The van der Waals surface area contributed by atoms with Gasteiger partial charge in [0, 0.05) is 16.8 Å². The number of rotatable bonds is 8. The summed E-state index contributed by atoms with van der Waals surface area (Å²) >= 11 is 0. The van der Waals surface area contributed by atoms with Crippen LogP contribution in [0, 0.1) is 13.8 Å². The molecule has 3 aromatic rings. The van der Waals surface area contributed by atoms with Gasteiger partial charge in [0.1, 0.15) is 6.54 Å². The van der Waals surface area contributed by atoms with Gasteiger partial charge in [0.05, 0.1) is 21.3 Å². The summed E-state index contributed by atoms with van der Waals surface area (Å²) in [5.41, 5.74) is 5.05. The predicted molar refractivity (Wildman–Crippen MR) is 124 cm³/mol. The molecule has 0 saturated carbocycles. The number of benzene rings is 3. The van der Waals surface area contributed by atoms with E-state index in [0.717, 1.165) is 32.8 Å². The van der Waals surface area contributed by atoms with Gasteiger partial charge in [-0.05, 0) is 49.2 Å². The fraction of sp³-hybridized carbons (Fsp3) is 0.269. The van der Waals surface area contributed by atoms with E-state index >= 15 is 0 Å². The van der Waals surface area contributed by atoms with Crippen molar-refractivity contribution in [2.24, 2.45) is 0 Å². The standard InChI is InChI=1S/C26H30N2O3/c1-18-11-12-19(2)22(15-18)27-26(29)25(21-9-7-6-8-10-21)28(3)17-20-13-14-23(30-4)24(16-20)31-5/h6-16,25H,17H2,1-5H3,(H,27,29)/p+1/t25-/m0/s1. The number of aryl methyl sites for hydroxylation is 2. The van der Waals surface area contributed by atoms with Crippen molar-refractivity contribution in [3.63, 3.8) is 0 Å². The Morgan fingerprint density at radius 1 is 0.935 bits per heavy atom. The van der Waals surface area contributed by atoms with Gasteiger partial charge in [-0.15, -0.1) is 0 Å². The molecule has 0 spiro atoms. The Labute approximate surface area is 184 Å². The fourth-order valence-corrected chi connectivity index (χ4v) is 3.80. The number of methoxy groups -OCH3 is 2. The van der Waals surface area contributed by atoms with E-state index in [2.05, 4.69) is 5.32 Å². The lowest BCUT2D eigenvalue weighted by atomic mass is 10.0. The lowest BCUT2D eigenvalue weighted by molar-refractivity contribution is -0.915. The molecule has 0 fully saturated rings. The molecule has 31 heavy (non-hydrogen) atoms. The average Bonchev–Trinajstić information content (AvgIpc) is 2.77. The monoisotopic (exact) mass is 419 g/mol. The summed E-state index contributed by atoms with van der Waals surface area (Å²) in [7, 11) is 5.29. The summed E-state index contributed by atoms with van der Waals surface area (Å²) < 4.78 is 10.8. The van der Waals surface area contributed by atoms with Gasteiger partial charge in [-0.2, -0.15) is 0 Å². The largest absolute Gasteiger partial charge is 0.493 e. The molecule has 0 saturated heterocycles. The topological polar surface area (TPSA) is 52.0 Å². The molecule has 0 radical (unpaired) electrons. The van der Waals surface area contributed by atoms with E-state index in [4.69, 9.17) is 9.47 Å². The van der Waals surface area contributed by atoms with Crippen LogP contribution in [-0.2, 0) is 11.3 Å². The molecule has 0 aliphatic rings. The number of nitrogens with one attached hydrogen (secondary N) is 2. The maximum atomic E-state index is 13.5. The van der Waals surface area contributed by atoms with E-state index in [0.29, 0.717) is 18.0 Å². The van der Waals surface area contributed by atoms with Crippen LogP contribution in [0.25, 0.3) is 0 Å². The minimum Gasteiger partial charge on any atom is -0.493 e. The van der Waals surface area contributed by atoms with E-state index in [1.807, 2.05) is 87.6 Å². The highest BCUT2D eigenvalue weighted by Crippen LogP contribution is 2.27. The molecule has 2 atom stereocenters. The first-order chi connectivity index (χ1) is 14.9. The smallest absolute Gasteiger partial charge is 0.287 e. The molecular formula is C26H31N2O3+. The number of carbonyl (C=O) groups is 1. The van der Waals surface area contributed by atoms with Crippen LogP contribution < -0.4 is 19.7 Å². The summed E-state index contributed by atoms with van der Waals surface area (Å²) in [6.45, 7) is 4.69. The third-order valence-electron chi connectivity index (χ3n) is 5.47. The predicted octanol–water partition coefficient (Wildman–Crippen LogP) is 3.72. The number of amides is 1. The molecule has 1 amide bonds. The Bertz CT molecular complexity index is 1030. The first kappa shape index (κ1) is 22.4. The van der Waals surface area contributed by atoms with Crippen LogP contribution in [0.2, 0.25) is 0 Å². The number of ether oxygens (including phenoxy) is 2. The summed E-state index contributed by atoms with van der Waals surface area (Å²) in [5.74, 6) is 1.35. The normalized spacial score (nSPS) is 12.7. The van der Waals surface area contributed by atoms with Crippen LogP contribution >= 0.6 is 0 Å². The highest BCUT2D eigenvalue weighted by Gasteiger charge is 2.29. The van der Waals surface area contributed by atoms with Crippen LogP contribution in [0.5, 0.6) is 11.5 Å². The quantitative estimate of drug-likeness (QED) is 0.585. The molecule has 5 nitrogen and oxygen atoms in total. The fourth-order valence-electron chi connectivity index (χ4n) is 3.80. The Kier molecular flexibility index (Phi) is 7.32. The van der Waals surface area contributed by atoms with E-state index in [9.17, 15) is 4.79 Å². The molecule has 3 aromatic carbocycles. The zero-order chi connectivity index (χ0) is 22.4. The van der Waals surface area contributed by atoms with E-state index in [1.165, 1.54) is 0 Å². The second-order valence-electron chi connectivity index (χ2n) is 7.86. The van der Waals surface area contributed by atoms with Crippen molar-refractivity contribution in [1.82, 2.24) is 0 Å². The van der Waals surface area contributed by atoms with Gasteiger partial charge in [-0.25, -0.2) is 0 Å². The highest BCUT2D eigenvalue weighted by molar-refractivity contribution is 5.95. The minimum absolute atomic E-state index is 0.0297. The zero-order valence-corrected chi connectivity index (χ0v) is 18.9. The zero-order valence-electron chi connectivity index (χ0n) is 18.9. The van der Waals surface area contributed by atoms with Crippen molar-refractivity contribution in [1.29, 1.82) is 0 Å². The Morgan fingerprint density at radius 2 is 1.65 bits per heavy atom. The summed E-state index contributed by atoms with van der Waals surface area (Å²) in [4.78, 5) is 14.5. The van der Waals surface area contributed by atoms with Crippen molar-refractivity contribution < 1.29 is 19.2 Å². The molecule has 1 unspecified atom stereocenters. The number of anilines is 1. The first-order valence-corrected chi connectivity index (χ1v) is 10.4.